The second kappa shape index (κ2) is 4.04. The van der Waals surface area contributed by atoms with E-state index < -0.39 is 0 Å². The molecule has 3 aromatic rings. The van der Waals surface area contributed by atoms with E-state index in [9.17, 15) is 5.26 Å². The van der Waals surface area contributed by atoms with Gasteiger partial charge in [-0.05, 0) is 19.1 Å². The average molecular weight is 244 g/mol. The first-order chi connectivity index (χ1) is 9.24. The quantitative estimate of drug-likeness (QED) is 0.570. The van der Waals surface area contributed by atoms with E-state index in [-0.39, 0.29) is 0 Å². The van der Waals surface area contributed by atoms with E-state index in [2.05, 4.69) is 22.1 Å². The summed E-state index contributed by atoms with van der Waals surface area (Å²) in [5.41, 5.74) is 3.24. The number of nitriles is 2. The highest BCUT2D eigenvalue weighted by Crippen LogP contribution is 2.26. The zero-order chi connectivity index (χ0) is 13.4. The molecule has 0 saturated carbocycles. The van der Waals surface area contributed by atoms with Crippen LogP contribution in [0.25, 0.3) is 21.8 Å². The fraction of sp³-hybridized carbons (Fsp3) is 0.0667. The third-order valence-electron chi connectivity index (χ3n) is 3.06. The summed E-state index contributed by atoms with van der Waals surface area (Å²) in [7, 11) is 0. The van der Waals surface area contributed by atoms with Crippen LogP contribution >= 0.6 is 0 Å². The van der Waals surface area contributed by atoms with Crippen LogP contribution in [0.2, 0.25) is 0 Å². The van der Waals surface area contributed by atoms with Crippen molar-refractivity contribution in [2.45, 2.75) is 6.92 Å². The molecule has 0 aliphatic carbocycles. The number of hydrogen-bond acceptors (Lipinski definition) is 4. The minimum atomic E-state index is 0.564. The fourth-order valence-corrected chi connectivity index (χ4v) is 2.22. The molecule has 1 aromatic carbocycles. The van der Waals surface area contributed by atoms with Gasteiger partial charge in [-0.1, -0.05) is 12.1 Å². The van der Waals surface area contributed by atoms with E-state index >= 15 is 0 Å². The van der Waals surface area contributed by atoms with Crippen molar-refractivity contribution in [3.8, 4) is 12.1 Å². The largest absolute Gasteiger partial charge is 0.254 e. The van der Waals surface area contributed by atoms with Crippen LogP contribution in [0.15, 0.2) is 30.5 Å². The molecule has 4 nitrogen and oxygen atoms in total. The Balaban J connectivity index is 2.59. The molecular formula is C15H8N4. The molecule has 0 radical (unpaired) electrons. The summed E-state index contributed by atoms with van der Waals surface area (Å²) in [6.07, 6.45) is 1.59. The van der Waals surface area contributed by atoms with Gasteiger partial charge >= 0.3 is 0 Å². The van der Waals surface area contributed by atoms with Gasteiger partial charge in [-0.3, -0.25) is 9.97 Å². The lowest BCUT2D eigenvalue weighted by atomic mass is 10.0. The molecule has 0 amide bonds. The predicted octanol–water partition coefficient (Wildman–Crippen LogP) is 2.83. The Bertz CT molecular complexity index is 898. The minimum Gasteiger partial charge on any atom is -0.254 e. The maximum absolute atomic E-state index is 9.18. The van der Waals surface area contributed by atoms with E-state index in [1.165, 1.54) is 0 Å². The van der Waals surface area contributed by atoms with Crippen molar-refractivity contribution in [3.63, 3.8) is 0 Å². The molecule has 0 bridgehead atoms. The Morgan fingerprint density at radius 1 is 0.947 bits per heavy atom. The third-order valence-corrected chi connectivity index (χ3v) is 3.06. The van der Waals surface area contributed by atoms with Crippen molar-refractivity contribution in [2.75, 3.05) is 0 Å². The monoisotopic (exact) mass is 244 g/mol. The van der Waals surface area contributed by atoms with E-state index in [4.69, 9.17) is 5.26 Å². The minimum absolute atomic E-state index is 0.564. The molecule has 3 rings (SSSR count). The number of aryl methyl sites for hydroxylation is 1. The van der Waals surface area contributed by atoms with Crippen LogP contribution in [-0.4, -0.2) is 9.97 Å². The summed E-state index contributed by atoms with van der Waals surface area (Å²) < 4.78 is 0. The van der Waals surface area contributed by atoms with Gasteiger partial charge in [0.2, 0.25) is 0 Å². The number of hydrogen-bond donors (Lipinski definition) is 0. The van der Waals surface area contributed by atoms with Gasteiger partial charge in [-0.15, -0.1) is 0 Å². The molecule has 0 spiro atoms. The van der Waals surface area contributed by atoms with Crippen LogP contribution in [0.3, 0.4) is 0 Å². The van der Waals surface area contributed by atoms with Crippen LogP contribution in [-0.2, 0) is 0 Å². The standard InChI is InChI=1S/C15H8N4/c1-9-6-11(8-17)13-3-2-12-10(7-16)4-5-18-14(12)15(13)19-9/h2-6H,1H3. The highest BCUT2D eigenvalue weighted by atomic mass is 14.7. The molecule has 0 N–H and O–H groups in total. The van der Waals surface area contributed by atoms with Gasteiger partial charge < -0.3 is 0 Å². The van der Waals surface area contributed by atoms with E-state index in [1.807, 2.05) is 19.1 Å². The molecule has 2 aromatic heterocycles. The summed E-state index contributed by atoms with van der Waals surface area (Å²) >= 11 is 0. The van der Waals surface area contributed by atoms with Crippen LogP contribution in [0.1, 0.15) is 16.8 Å². The molecule has 0 unspecified atom stereocenters. The van der Waals surface area contributed by atoms with Crippen LogP contribution in [0.4, 0.5) is 0 Å². The van der Waals surface area contributed by atoms with Crippen LogP contribution < -0.4 is 0 Å². The smallest absolute Gasteiger partial charge is 0.0999 e. The summed E-state index contributed by atoms with van der Waals surface area (Å²) in [6, 6.07) is 11.4. The number of pyridine rings is 2. The van der Waals surface area contributed by atoms with Crippen LogP contribution in [0.5, 0.6) is 0 Å². The Hall–Kier alpha value is -2.98. The molecule has 88 valence electrons. The molecule has 4 heteroatoms. The van der Waals surface area contributed by atoms with Gasteiger partial charge in [0.05, 0.1) is 34.3 Å². The molecule has 2 heterocycles. The molecule has 0 fully saturated rings. The maximum Gasteiger partial charge on any atom is 0.0999 e. The topological polar surface area (TPSA) is 73.4 Å². The average Bonchev–Trinajstić information content (AvgIpc) is 2.45. The van der Waals surface area contributed by atoms with Crippen molar-refractivity contribution in [1.29, 1.82) is 10.5 Å². The second-order valence-electron chi connectivity index (χ2n) is 4.25. The van der Waals surface area contributed by atoms with Gasteiger partial charge in [0.25, 0.3) is 0 Å². The zero-order valence-electron chi connectivity index (χ0n) is 10.2. The van der Waals surface area contributed by atoms with Crippen molar-refractivity contribution in [1.82, 2.24) is 9.97 Å². The SMILES string of the molecule is Cc1cc(C#N)c2ccc3c(C#N)ccnc3c2n1. The number of aromatic nitrogens is 2. The highest BCUT2D eigenvalue weighted by molar-refractivity contribution is 6.06. The number of benzene rings is 1. The molecule has 0 atom stereocenters. The number of nitrogens with zero attached hydrogens (tertiary/aromatic N) is 4. The lowest BCUT2D eigenvalue weighted by molar-refractivity contribution is 1.24. The first-order valence-electron chi connectivity index (χ1n) is 5.74. The maximum atomic E-state index is 9.18. The van der Waals surface area contributed by atoms with E-state index in [0.29, 0.717) is 22.2 Å². The van der Waals surface area contributed by atoms with E-state index in [0.717, 1.165) is 16.5 Å². The summed E-state index contributed by atoms with van der Waals surface area (Å²) in [4.78, 5) is 8.78. The van der Waals surface area contributed by atoms with Crippen LogP contribution in [0, 0.1) is 29.6 Å². The predicted molar refractivity (Wildman–Crippen MR) is 71.2 cm³/mol. The second-order valence-corrected chi connectivity index (χ2v) is 4.25. The lowest BCUT2D eigenvalue weighted by Crippen LogP contribution is -1.92. The summed E-state index contributed by atoms with van der Waals surface area (Å²) in [5.74, 6) is 0. The number of fused-ring (bicyclic) bond motifs is 3. The van der Waals surface area contributed by atoms with Gasteiger partial charge in [0.1, 0.15) is 0 Å². The first-order valence-corrected chi connectivity index (χ1v) is 5.74. The van der Waals surface area contributed by atoms with Crippen molar-refractivity contribution < 1.29 is 0 Å². The van der Waals surface area contributed by atoms with Crippen molar-refractivity contribution in [3.05, 3.63) is 47.3 Å². The third kappa shape index (κ3) is 1.59. The normalized spacial score (nSPS) is 10.3. The number of rotatable bonds is 0. The van der Waals surface area contributed by atoms with Crippen molar-refractivity contribution >= 4 is 21.8 Å². The fourth-order valence-electron chi connectivity index (χ4n) is 2.22. The molecule has 0 aliphatic rings. The molecule has 0 aliphatic heterocycles. The Labute approximate surface area is 109 Å². The molecule has 19 heavy (non-hydrogen) atoms. The summed E-state index contributed by atoms with van der Waals surface area (Å²) in [5, 5.41) is 19.8. The Kier molecular flexibility index (Phi) is 2.37. The summed E-state index contributed by atoms with van der Waals surface area (Å²) in [6.45, 7) is 1.84. The van der Waals surface area contributed by atoms with E-state index in [1.54, 1.807) is 18.3 Å². The van der Waals surface area contributed by atoms with Gasteiger partial charge in [0.15, 0.2) is 0 Å². The molecular weight excluding hydrogens is 236 g/mol. The zero-order valence-corrected chi connectivity index (χ0v) is 10.2. The van der Waals surface area contributed by atoms with Crippen molar-refractivity contribution in [2.24, 2.45) is 0 Å². The van der Waals surface area contributed by atoms with Gasteiger partial charge in [0, 0.05) is 22.7 Å². The lowest BCUT2D eigenvalue weighted by Gasteiger charge is -2.06. The van der Waals surface area contributed by atoms with Gasteiger partial charge in [-0.2, -0.15) is 10.5 Å². The Morgan fingerprint density at radius 3 is 2.32 bits per heavy atom. The Morgan fingerprint density at radius 2 is 1.63 bits per heavy atom. The van der Waals surface area contributed by atoms with Gasteiger partial charge in [-0.25, -0.2) is 0 Å². The molecule has 0 saturated heterocycles. The first kappa shape index (κ1) is 11.1. The highest BCUT2D eigenvalue weighted by Gasteiger charge is 2.10.